The van der Waals surface area contributed by atoms with E-state index in [1.807, 2.05) is 0 Å². The molecule has 0 aromatic heterocycles. The maximum Gasteiger partial charge on any atom is 0.306 e. The van der Waals surface area contributed by atoms with Gasteiger partial charge < -0.3 is 14.2 Å². The quantitative estimate of drug-likeness (QED) is 0.0262. The van der Waals surface area contributed by atoms with E-state index in [1.165, 1.54) is 225 Å². The van der Waals surface area contributed by atoms with E-state index in [2.05, 4.69) is 45.1 Å². The van der Waals surface area contributed by atoms with Gasteiger partial charge in [0.25, 0.3) is 0 Å². The highest BCUT2D eigenvalue weighted by Gasteiger charge is 2.19. The predicted molar refractivity (Wildman–Crippen MR) is 284 cm³/mol. The van der Waals surface area contributed by atoms with Gasteiger partial charge in [0, 0.05) is 19.3 Å². The van der Waals surface area contributed by atoms with Crippen molar-refractivity contribution in [3.8, 4) is 0 Å². The lowest BCUT2D eigenvalue weighted by molar-refractivity contribution is -0.167. The summed E-state index contributed by atoms with van der Waals surface area (Å²) in [4.78, 5) is 38.1. The number of rotatable bonds is 54. The predicted octanol–water partition coefficient (Wildman–Crippen LogP) is 19.5. The third kappa shape index (κ3) is 52.9. The van der Waals surface area contributed by atoms with E-state index in [-0.39, 0.29) is 31.1 Å². The van der Waals surface area contributed by atoms with Crippen LogP contribution in [-0.4, -0.2) is 37.2 Å². The largest absolute Gasteiger partial charge is 0.462 e. The lowest BCUT2D eigenvalue weighted by atomic mass is 10.1. The van der Waals surface area contributed by atoms with Gasteiger partial charge in [-0.25, -0.2) is 0 Å². The van der Waals surface area contributed by atoms with Crippen LogP contribution in [-0.2, 0) is 28.6 Å². The summed E-state index contributed by atoms with van der Waals surface area (Å²) in [6.07, 6.45) is 64.6. The maximum absolute atomic E-state index is 12.8. The van der Waals surface area contributed by atoms with Crippen molar-refractivity contribution >= 4 is 17.9 Å². The van der Waals surface area contributed by atoms with E-state index in [4.69, 9.17) is 14.2 Å². The Kier molecular flexibility index (Phi) is 53.7. The van der Waals surface area contributed by atoms with Crippen LogP contribution in [0.2, 0.25) is 0 Å². The molecule has 0 radical (unpaired) electrons. The fraction of sp³-hybridized carbons (Fsp3) is 0.883. The summed E-state index contributed by atoms with van der Waals surface area (Å²) < 4.78 is 16.9. The van der Waals surface area contributed by atoms with E-state index in [9.17, 15) is 14.4 Å². The summed E-state index contributed by atoms with van der Waals surface area (Å²) in [7, 11) is 0. The van der Waals surface area contributed by atoms with Crippen LogP contribution in [0.5, 0.6) is 0 Å². The molecule has 0 saturated heterocycles. The Balaban J connectivity index is 4.26. The summed E-state index contributed by atoms with van der Waals surface area (Å²) >= 11 is 0. The molecule has 0 aliphatic rings. The van der Waals surface area contributed by atoms with Gasteiger partial charge in [-0.05, 0) is 70.6 Å². The van der Waals surface area contributed by atoms with Crippen LogP contribution in [0.3, 0.4) is 0 Å². The minimum absolute atomic E-state index is 0.0684. The Morgan fingerprint density at radius 3 is 0.758 bits per heavy atom. The fourth-order valence-electron chi connectivity index (χ4n) is 8.73. The van der Waals surface area contributed by atoms with Crippen LogP contribution < -0.4 is 0 Å². The number of allylic oxidation sites excluding steroid dienone is 4. The van der Waals surface area contributed by atoms with Crippen LogP contribution in [0, 0.1) is 0 Å². The van der Waals surface area contributed by atoms with Crippen LogP contribution in [0.4, 0.5) is 0 Å². The molecule has 0 aliphatic heterocycles. The van der Waals surface area contributed by atoms with Crippen LogP contribution in [0.25, 0.3) is 0 Å². The van der Waals surface area contributed by atoms with Gasteiger partial charge >= 0.3 is 17.9 Å². The van der Waals surface area contributed by atoms with Crippen LogP contribution >= 0.6 is 0 Å². The minimum atomic E-state index is -0.768. The monoisotopic (exact) mass is 929 g/mol. The SMILES string of the molecule is CCCCCCCC/C=C\CCCCCCCCCCCC(=O)OCC(COC(=O)CCCCCCCCCCCC)OC(=O)CCCCCCCCCCC/C=C\CCCCCCCC. The fourth-order valence-corrected chi connectivity index (χ4v) is 8.73. The molecule has 0 N–H and O–H groups in total. The first-order chi connectivity index (χ1) is 32.5. The second kappa shape index (κ2) is 55.5. The van der Waals surface area contributed by atoms with Crippen molar-refractivity contribution in [1.82, 2.24) is 0 Å². The molecular formula is C60H112O6. The third-order valence-electron chi connectivity index (χ3n) is 13.2. The van der Waals surface area contributed by atoms with Crippen molar-refractivity contribution in [2.75, 3.05) is 13.2 Å². The zero-order chi connectivity index (χ0) is 47.9. The molecule has 0 spiro atoms. The van der Waals surface area contributed by atoms with Gasteiger partial charge in [-0.3, -0.25) is 14.4 Å². The van der Waals surface area contributed by atoms with E-state index in [0.29, 0.717) is 19.3 Å². The average molecular weight is 930 g/mol. The molecule has 6 heteroatoms. The first kappa shape index (κ1) is 63.9. The van der Waals surface area contributed by atoms with Gasteiger partial charge in [0.05, 0.1) is 0 Å². The van der Waals surface area contributed by atoms with Gasteiger partial charge in [0.1, 0.15) is 13.2 Å². The Bertz CT molecular complexity index is 1070. The van der Waals surface area contributed by atoms with Crippen molar-refractivity contribution in [1.29, 1.82) is 0 Å². The Morgan fingerprint density at radius 1 is 0.288 bits per heavy atom. The second-order valence-corrected chi connectivity index (χ2v) is 19.9. The molecule has 388 valence electrons. The minimum Gasteiger partial charge on any atom is -0.462 e. The highest BCUT2D eigenvalue weighted by atomic mass is 16.6. The van der Waals surface area contributed by atoms with Gasteiger partial charge in [-0.2, -0.15) is 0 Å². The first-order valence-corrected chi connectivity index (χ1v) is 29.3. The summed E-state index contributed by atoms with van der Waals surface area (Å²) in [5.41, 5.74) is 0. The molecule has 0 aromatic carbocycles. The van der Waals surface area contributed by atoms with Gasteiger partial charge in [-0.1, -0.05) is 257 Å². The summed E-state index contributed by atoms with van der Waals surface area (Å²) in [5.74, 6) is -0.855. The van der Waals surface area contributed by atoms with Crippen molar-refractivity contribution in [3.05, 3.63) is 24.3 Å². The van der Waals surface area contributed by atoms with Crippen molar-refractivity contribution in [2.24, 2.45) is 0 Å². The Hall–Kier alpha value is -2.11. The molecule has 1 atom stereocenters. The highest BCUT2D eigenvalue weighted by Crippen LogP contribution is 2.16. The maximum atomic E-state index is 12.8. The van der Waals surface area contributed by atoms with Crippen molar-refractivity contribution in [2.45, 2.75) is 329 Å². The molecule has 0 bridgehead atoms. The summed E-state index contributed by atoms with van der Waals surface area (Å²) in [6, 6.07) is 0. The molecule has 0 amide bonds. The normalized spacial score (nSPS) is 12.1. The van der Waals surface area contributed by atoms with Crippen LogP contribution in [0.15, 0.2) is 24.3 Å². The van der Waals surface area contributed by atoms with Crippen molar-refractivity contribution in [3.63, 3.8) is 0 Å². The number of carbonyl (C=O) groups is 3. The average Bonchev–Trinajstić information content (AvgIpc) is 3.31. The molecule has 0 rings (SSSR count). The van der Waals surface area contributed by atoms with E-state index >= 15 is 0 Å². The van der Waals surface area contributed by atoms with Gasteiger partial charge in [0.15, 0.2) is 6.10 Å². The molecule has 6 nitrogen and oxygen atoms in total. The third-order valence-corrected chi connectivity index (χ3v) is 13.2. The van der Waals surface area contributed by atoms with E-state index < -0.39 is 6.10 Å². The van der Waals surface area contributed by atoms with Crippen LogP contribution in [0.1, 0.15) is 323 Å². The Morgan fingerprint density at radius 2 is 0.500 bits per heavy atom. The zero-order valence-corrected chi connectivity index (χ0v) is 44.5. The summed E-state index contributed by atoms with van der Waals surface area (Å²) in [6.45, 7) is 6.66. The zero-order valence-electron chi connectivity index (χ0n) is 44.5. The first-order valence-electron chi connectivity index (χ1n) is 29.3. The number of hydrogen-bond donors (Lipinski definition) is 0. The number of ether oxygens (including phenoxy) is 3. The molecule has 0 heterocycles. The number of esters is 3. The molecule has 0 aromatic rings. The summed E-state index contributed by atoms with van der Waals surface area (Å²) in [5, 5.41) is 0. The molecular weight excluding hydrogens is 817 g/mol. The van der Waals surface area contributed by atoms with Gasteiger partial charge in [0.2, 0.25) is 0 Å². The highest BCUT2D eigenvalue weighted by molar-refractivity contribution is 5.71. The number of carbonyl (C=O) groups excluding carboxylic acids is 3. The molecule has 0 saturated carbocycles. The van der Waals surface area contributed by atoms with Gasteiger partial charge in [-0.15, -0.1) is 0 Å². The standard InChI is InChI=1S/C60H112O6/c1-4-7-10-13-16-19-22-24-26-28-30-32-34-36-38-41-44-47-50-53-59(62)65-56-57(55-64-58(61)52-49-46-43-40-21-18-15-12-9-6-3)66-60(63)54-51-48-45-42-39-37-35-33-31-29-27-25-23-20-17-14-11-8-5-2/h24-27,57H,4-23,28-56H2,1-3H3/b26-24-,27-25-. The lowest BCUT2D eigenvalue weighted by Crippen LogP contribution is -2.30. The molecule has 66 heavy (non-hydrogen) atoms. The second-order valence-electron chi connectivity index (χ2n) is 19.9. The molecule has 0 aliphatic carbocycles. The Labute approximate surface area is 411 Å². The number of unbranched alkanes of at least 4 members (excludes halogenated alkanes) is 39. The van der Waals surface area contributed by atoms with E-state index in [0.717, 1.165) is 57.8 Å². The topological polar surface area (TPSA) is 78.9 Å². The molecule has 0 fully saturated rings. The lowest BCUT2D eigenvalue weighted by Gasteiger charge is -2.18. The molecule has 1 unspecified atom stereocenters. The number of hydrogen-bond acceptors (Lipinski definition) is 6. The smallest absolute Gasteiger partial charge is 0.306 e. The van der Waals surface area contributed by atoms with E-state index in [1.54, 1.807) is 0 Å². The van der Waals surface area contributed by atoms with Crippen molar-refractivity contribution < 1.29 is 28.6 Å².